The molecular weight excluding hydrogens is 128 g/mol. The Morgan fingerprint density at radius 2 is 2.50 bits per heavy atom. The van der Waals surface area contributed by atoms with Crippen molar-refractivity contribution >= 4 is 0 Å². The van der Waals surface area contributed by atoms with Crippen molar-refractivity contribution in [2.75, 3.05) is 6.61 Å². The van der Waals surface area contributed by atoms with Gasteiger partial charge in [0.25, 0.3) is 0 Å². The van der Waals surface area contributed by atoms with Gasteiger partial charge in [0.1, 0.15) is 6.61 Å². The van der Waals surface area contributed by atoms with Crippen molar-refractivity contribution < 1.29 is 4.74 Å². The molecule has 0 saturated heterocycles. The number of nitrogens with zero attached hydrogens (tertiary/aromatic N) is 2. The number of hydrogen-bond donors (Lipinski definition) is 0. The normalized spacial score (nSPS) is 8.80. The zero-order valence-corrected chi connectivity index (χ0v) is 5.53. The Balaban J connectivity index is 2.50. The number of hydrogen-bond acceptors (Lipinski definition) is 3. The summed E-state index contributed by atoms with van der Waals surface area (Å²) in [6.07, 6.45) is 6.40. The zero-order valence-electron chi connectivity index (χ0n) is 5.53. The molecule has 0 bridgehead atoms. The molecule has 0 aliphatic rings. The van der Waals surface area contributed by atoms with E-state index in [4.69, 9.17) is 4.74 Å². The predicted molar refractivity (Wildman–Crippen MR) is 37.7 cm³/mol. The topological polar surface area (TPSA) is 35.0 Å². The first-order chi connectivity index (χ1) is 4.93. The Bertz CT molecular complexity index is 198. The van der Waals surface area contributed by atoms with Crippen LogP contribution in [0.5, 0.6) is 5.88 Å². The Morgan fingerprint density at radius 1 is 1.60 bits per heavy atom. The lowest BCUT2D eigenvalue weighted by Crippen LogP contribution is -1.94. The van der Waals surface area contributed by atoms with Gasteiger partial charge in [-0.2, -0.15) is 0 Å². The zero-order chi connectivity index (χ0) is 7.23. The molecule has 0 N–H and O–H groups in total. The van der Waals surface area contributed by atoms with Gasteiger partial charge >= 0.3 is 0 Å². The van der Waals surface area contributed by atoms with Crippen molar-refractivity contribution in [2.24, 2.45) is 0 Å². The molecule has 1 aromatic rings. The summed E-state index contributed by atoms with van der Waals surface area (Å²) in [6, 6.07) is 0. The highest BCUT2D eigenvalue weighted by atomic mass is 16.5. The predicted octanol–water partition coefficient (Wildman–Crippen LogP) is 1.04. The summed E-state index contributed by atoms with van der Waals surface area (Å²) in [5.74, 6) is 0.530. The van der Waals surface area contributed by atoms with Crippen LogP contribution in [0.15, 0.2) is 31.2 Å². The molecule has 0 radical (unpaired) electrons. The standard InChI is InChI=1S/C7H8N2O/c1-2-5-10-7-6-8-3-4-9-7/h2-4,6H,1,5H2. The lowest BCUT2D eigenvalue weighted by Gasteiger charge is -1.97. The van der Waals surface area contributed by atoms with Crippen molar-refractivity contribution in [3.8, 4) is 5.88 Å². The van der Waals surface area contributed by atoms with Crippen LogP contribution in [-0.4, -0.2) is 16.6 Å². The van der Waals surface area contributed by atoms with E-state index in [1.54, 1.807) is 24.7 Å². The Morgan fingerprint density at radius 3 is 3.10 bits per heavy atom. The van der Waals surface area contributed by atoms with Crippen molar-refractivity contribution in [1.29, 1.82) is 0 Å². The molecule has 3 heteroatoms. The molecule has 0 saturated carbocycles. The maximum atomic E-state index is 5.06. The molecule has 0 aliphatic heterocycles. The molecule has 10 heavy (non-hydrogen) atoms. The summed E-state index contributed by atoms with van der Waals surface area (Å²) in [5, 5.41) is 0. The van der Waals surface area contributed by atoms with Gasteiger partial charge in [-0.05, 0) is 0 Å². The number of aromatic nitrogens is 2. The summed E-state index contributed by atoms with van der Waals surface area (Å²) < 4.78 is 5.06. The molecule has 0 aromatic carbocycles. The quantitative estimate of drug-likeness (QED) is 0.582. The maximum absolute atomic E-state index is 5.06. The van der Waals surface area contributed by atoms with Crippen LogP contribution < -0.4 is 4.74 Å². The van der Waals surface area contributed by atoms with E-state index >= 15 is 0 Å². The molecule has 1 rings (SSSR count). The van der Waals surface area contributed by atoms with Crippen molar-refractivity contribution in [3.63, 3.8) is 0 Å². The van der Waals surface area contributed by atoms with Gasteiger partial charge in [0.2, 0.25) is 5.88 Å². The highest BCUT2D eigenvalue weighted by Crippen LogP contribution is 1.99. The third-order valence-electron chi connectivity index (χ3n) is 0.889. The lowest BCUT2D eigenvalue weighted by molar-refractivity contribution is 0.347. The fourth-order valence-electron chi connectivity index (χ4n) is 0.504. The summed E-state index contributed by atoms with van der Waals surface area (Å²) >= 11 is 0. The number of rotatable bonds is 3. The van der Waals surface area contributed by atoms with Crippen molar-refractivity contribution in [2.45, 2.75) is 0 Å². The fraction of sp³-hybridized carbons (Fsp3) is 0.143. The molecule has 1 aromatic heterocycles. The van der Waals surface area contributed by atoms with E-state index < -0.39 is 0 Å². The second-order valence-corrected chi connectivity index (χ2v) is 1.64. The van der Waals surface area contributed by atoms with Crippen LogP contribution in [0.1, 0.15) is 0 Å². The van der Waals surface area contributed by atoms with E-state index in [-0.39, 0.29) is 0 Å². The fourth-order valence-corrected chi connectivity index (χ4v) is 0.504. The minimum atomic E-state index is 0.471. The first-order valence-electron chi connectivity index (χ1n) is 2.93. The van der Waals surface area contributed by atoms with E-state index in [0.717, 1.165) is 0 Å². The van der Waals surface area contributed by atoms with Crippen LogP contribution in [0.4, 0.5) is 0 Å². The van der Waals surface area contributed by atoms with Crippen LogP contribution in [0, 0.1) is 0 Å². The Hall–Kier alpha value is -1.38. The molecule has 3 nitrogen and oxygen atoms in total. The lowest BCUT2D eigenvalue weighted by atomic mass is 10.7. The SMILES string of the molecule is C=CCOc1cnccn1. The molecule has 0 amide bonds. The van der Waals surface area contributed by atoms with E-state index in [9.17, 15) is 0 Å². The first-order valence-corrected chi connectivity index (χ1v) is 2.93. The molecule has 0 aliphatic carbocycles. The first kappa shape index (κ1) is 6.74. The summed E-state index contributed by atoms with van der Waals surface area (Å²) in [6.45, 7) is 3.97. The molecule has 0 atom stereocenters. The Kier molecular flexibility index (Phi) is 2.43. The maximum Gasteiger partial charge on any atom is 0.232 e. The summed E-state index contributed by atoms with van der Waals surface area (Å²) in [7, 11) is 0. The second-order valence-electron chi connectivity index (χ2n) is 1.64. The minimum absolute atomic E-state index is 0.471. The smallest absolute Gasteiger partial charge is 0.232 e. The van der Waals surface area contributed by atoms with Crippen LogP contribution >= 0.6 is 0 Å². The third kappa shape index (κ3) is 1.85. The van der Waals surface area contributed by atoms with E-state index in [1.165, 1.54) is 0 Å². The molecule has 52 valence electrons. The van der Waals surface area contributed by atoms with Gasteiger partial charge in [-0.3, -0.25) is 4.98 Å². The molecule has 0 unspecified atom stereocenters. The Labute approximate surface area is 59.4 Å². The average molecular weight is 136 g/mol. The van der Waals surface area contributed by atoms with Gasteiger partial charge in [0.15, 0.2) is 0 Å². The van der Waals surface area contributed by atoms with E-state index in [0.29, 0.717) is 12.5 Å². The largest absolute Gasteiger partial charge is 0.472 e. The minimum Gasteiger partial charge on any atom is -0.472 e. The molecule has 0 fully saturated rings. The highest BCUT2D eigenvalue weighted by Gasteiger charge is 1.87. The van der Waals surface area contributed by atoms with Crippen LogP contribution in [0.2, 0.25) is 0 Å². The summed E-state index contributed by atoms with van der Waals surface area (Å²) in [5.41, 5.74) is 0. The van der Waals surface area contributed by atoms with Gasteiger partial charge in [-0.25, -0.2) is 4.98 Å². The average Bonchev–Trinajstić information content (AvgIpc) is 2.03. The van der Waals surface area contributed by atoms with Crippen LogP contribution in [-0.2, 0) is 0 Å². The summed E-state index contributed by atoms with van der Waals surface area (Å²) in [4.78, 5) is 7.70. The molecule has 1 heterocycles. The van der Waals surface area contributed by atoms with Gasteiger partial charge < -0.3 is 4.74 Å². The molecule has 0 spiro atoms. The third-order valence-corrected chi connectivity index (χ3v) is 0.889. The van der Waals surface area contributed by atoms with Gasteiger partial charge in [-0.1, -0.05) is 12.7 Å². The van der Waals surface area contributed by atoms with Gasteiger partial charge in [-0.15, -0.1) is 0 Å². The van der Waals surface area contributed by atoms with Crippen molar-refractivity contribution in [3.05, 3.63) is 31.2 Å². The van der Waals surface area contributed by atoms with Crippen LogP contribution in [0.3, 0.4) is 0 Å². The van der Waals surface area contributed by atoms with E-state index in [1.807, 2.05) is 0 Å². The molecular formula is C7H8N2O. The van der Waals surface area contributed by atoms with Gasteiger partial charge in [0, 0.05) is 12.4 Å². The van der Waals surface area contributed by atoms with Crippen molar-refractivity contribution in [1.82, 2.24) is 9.97 Å². The van der Waals surface area contributed by atoms with Gasteiger partial charge in [0.05, 0.1) is 6.20 Å². The monoisotopic (exact) mass is 136 g/mol. The van der Waals surface area contributed by atoms with E-state index in [2.05, 4.69) is 16.5 Å². The second kappa shape index (κ2) is 3.61. The van der Waals surface area contributed by atoms with Crippen LogP contribution in [0.25, 0.3) is 0 Å². The highest BCUT2D eigenvalue weighted by molar-refractivity contribution is 5.01. The number of ether oxygens (including phenoxy) is 1.